The molecule has 8 nitrogen and oxygen atoms in total. The number of thioether (sulfide) groups is 1. The van der Waals surface area contributed by atoms with Gasteiger partial charge in [-0.05, 0) is 61.4 Å². The summed E-state index contributed by atoms with van der Waals surface area (Å²) in [6.07, 6.45) is 0.964. The Kier molecular flexibility index (Phi) is 9.12. The molecule has 0 saturated heterocycles. The highest BCUT2D eigenvalue weighted by Gasteiger charge is 2.41. The minimum Gasteiger partial charge on any atom is -0.497 e. The molecular formula is C34H31N3O5S. The summed E-state index contributed by atoms with van der Waals surface area (Å²) in [4.78, 5) is 42.4. The van der Waals surface area contributed by atoms with Crippen LogP contribution in [0.15, 0.2) is 113 Å². The molecule has 218 valence electrons. The van der Waals surface area contributed by atoms with Gasteiger partial charge in [-0.15, -0.1) is 0 Å². The van der Waals surface area contributed by atoms with Crippen molar-refractivity contribution in [3.05, 3.63) is 119 Å². The predicted molar refractivity (Wildman–Crippen MR) is 170 cm³/mol. The van der Waals surface area contributed by atoms with E-state index in [0.29, 0.717) is 46.3 Å². The molecule has 0 aromatic heterocycles. The second kappa shape index (κ2) is 13.3. The third kappa shape index (κ3) is 6.90. The standard InChI is InChI=1S/C34H31N3O5S/c1-22-12-15-24(16-13-22)36-31-32(34(40)37(33(31)39)28-18-17-26(41-2)21-29(28)42-3)43-27-11-7-10-25(20-27)35-30(38)19-14-23-8-5-4-6-9-23/h4-13,15-18,20-21,36H,14,19H2,1-3H3,(H,35,38). The van der Waals surface area contributed by atoms with E-state index in [1.54, 1.807) is 36.4 Å². The lowest BCUT2D eigenvalue weighted by Gasteiger charge is -2.19. The summed E-state index contributed by atoms with van der Waals surface area (Å²) in [6.45, 7) is 1.97. The largest absolute Gasteiger partial charge is 0.497 e. The molecular weight excluding hydrogens is 562 g/mol. The lowest BCUT2D eigenvalue weighted by Crippen LogP contribution is -2.32. The number of hydrogen-bond acceptors (Lipinski definition) is 7. The van der Waals surface area contributed by atoms with E-state index in [9.17, 15) is 14.4 Å². The number of nitrogens with one attached hydrogen (secondary N) is 2. The topological polar surface area (TPSA) is 97.0 Å². The first kappa shape index (κ1) is 29.5. The van der Waals surface area contributed by atoms with E-state index >= 15 is 0 Å². The van der Waals surface area contributed by atoms with Crippen molar-refractivity contribution in [2.75, 3.05) is 29.8 Å². The molecule has 1 heterocycles. The first-order valence-electron chi connectivity index (χ1n) is 13.7. The van der Waals surface area contributed by atoms with Gasteiger partial charge in [0, 0.05) is 28.8 Å². The van der Waals surface area contributed by atoms with Crippen LogP contribution in [0.1, 0.15) is 17.5 Å². The smallest absolute Gasteiger partial charge is 0.283 e. The van der Waals surface area contributed by atoms with Crippen LogP contribution in [0.5, 0.6) is 11.5 Å². The van der Waals surface area contributed by atoms with Crippen LogP contribution < -0.4 is 25.0 Å². The van der Waals surface area contributed by atoms with Crippen LogP contribution in [0.25, 0.3) is 0 Å². The van der Waals surface area contributed by atoms with Crippen LogP contribution in [0.3, 0.4) is 0 Å². The van der Waals surface area contributed by atoms with Gasteiger partial charge < -0.3 is 20.1 Å². The van der Waals surface area contributed by atoms with Crippen molar-refractivity contribution in [3.8, 4) is 11.5 Å². The first-order chi connectivity index (χ1) is 20.9. The number of rotatable bonds is 11. The molecule has 0 fully saturated rings. The average molecular weight is 594 g/mol. The molecule has 43 heavy (non-hydrogen) atoms. The number of amides is 3. The Morgan fingerprint density at radius 3 is 2.30 bits per heavy atom. The molecule has 0 atom stereocenters. The third-order valence-corrected chi connectivity index (χ3v) is 7.88. The molecule has 0 bridgehead atoms. The van der Waals surface area contributed by atoms with Crippen LogP contribution >= 0.6 is 11.8 Å². The Morgan fingerprint density at radius 1 is 0.814 bits per heavy atom. The average Bonchev–Trinajstić information content (AvgIpc) is 3.25. The fourth-order valence-electron chi connectivity index (χ4n) is 4.57. The summed E-state index contributed by atoms with van der Waals surface area (Å²) >= 11 is 1.15. The van der Waals surface area contributed by atoms with E-state index in [4.69, 9.17) is 9.47 Å². The summed E-state index contributed by atoms with van der Waals surface area (Å²) in [6, 6.07) is 29.5. The molecule has 5 rings (SSSR count). The highest BCUT2D eigenvalue weighted by Crippen LogP contribution is 2.42. The summed E-state index contributed by atoms with van der Waals surface area (Å²) in [5.41, 5.74) is 3.87. The molecule has 2 N–H and O–H groups in total. The molecule has 1 aliphatic heterocycles. The zero-order valence-electron chi connectivity index (χ0n) is 24.0. The second-order valence-corrected chi connectivity index (χ2v) is 10.9. The number of hydrogen-bond donors (Lipinski definition) is 2. The minimum atomic E-state index is -0.512. The number of imide groups is 1. The number of carbonyl (C=O) groups is 3. The summed E-state index contributed by atoms with van der Waals surface area (Å²) in [7, 11) is 3.00. The molecule has 0 saturated carbocycles. The van der Waals surface area contributed by atoms with Crippen LogP contribution in [0, 0.1) is 6.92 Å². The van der Waals surface area contributed by atoms with Gasteiger partial charge in [0.1, 0.15) is 22.1 Å². The fraction of sp³-hybridized carbons (Fsp3) is 0.147. The zero-order chi connectivity index (χ0) is 30.3. The van der Waals surface area contributed by atoms with E-state index in [2.05, 4.69) is 10.6 Å². The number of carbonyl (C=O) groups excluding carboxylic acids is 3. The number of ether oxygens (including phenoxy) is 2. The van der Waals surface area contributed by atoms with E-state index in [-0.39, 0.29) is 16.5 Å². The zero-order valence-corrected chi connectivity index (χ0v) is 24.9. The molecule has 4 aromatic carbocycles. The number of benzene rings is 4. The molecule has 0 spiro atoms. The maximum Gasteiger partial charge on any atom is 0.283 e. The molecule has 0 unspecified atom stereocenters. The SMILES string of the molecule is COc1ccc(N2C(=O)C(Nc3ccc(C)cc3)=C(Sc3cccc(NC(=O)CCc4ccccc4)c3)C2=O)c(OC)c1. The normalized spacial score (nSPS) is 12.9. The van der Waals surface area contributed by atoms with Gasteiger partial charge >= 0.3 is 0 Å². The lowest BCUT2D eigenvalue weighted by atomic mass is 10.1. The van der Waals surface area contributed by atoms with E-state index in [1.165, 1.54) is 14.2 Å². The number of aryl methyl sites for hydroxylation is 2. The van der Waals surface area contributed by atoms with Gasteiger partial charge in [0.15, 0.2) is 0 Å². The second-order valence-electron chi connectivity index (χ2n) is 9.84. The van der Waals surface area contributed by atoms with Crippen LogP contribution in [0.2, 0.25) is 0 Å². The van der Waals surface area contributed by atoms with Crippen molar-refractivity contribution in [2.45, 2.75) is 24.7 Å². The molecule has 1 aliphatic rings. The number of nitrogens with zero attached hydrogens (tertiary/aromatic N) is 1. The van der Waals surface area contributed by atoms with Crippen molar-refractivity contribution in [1.82, 2.24) is 0 Å². The van der Waals surface area contributed by atoms with Crippen molar-refractivity contribution in [3.63, 3.8) is 0 Å². The van der Waals surface area contributed by atoms with E-state index in [1.807, 2.05) is 67.6 Å². The molecule has 4 aromatic rings. The number of anilines is 3. The summed E-state index contributed by atoms with van der Waals surface area (Å²) in [5.74, 6) is -0.269. The number of methoxy groups -OCH3 is 2. The Hall–Kier alpha value is -5.02. The van der Waals surface area contributed by atoms with Crippen molar-refractivity contribution in [1.29, 1.82) is 0 Å². The van der Waals surface area contributed by atoms with Crippen molar-refractivity contribution in [2.24, 2.45) is 0 Å². The Bertz CT molecular complexity index is 1690. The predicted octanol–water partition coefficient (Wildman–Crippen LogP) is 6.57. The quantitative estimate of drug-likeness (QED) is 0.190. The molecule has 0 radical (unpaired) electrons. The molecule has 0 aliphatic carbocycles. The van der Waals surface area contributed by atoms with Gasteiger partial charge in [-0.1, -0.05) is 65.9 Å². The van der Waals surface area contributed by atoms with E-state index < -0.39 is 11.8 Å². The summed E-state index contributed by atoms with van der Waals surface area (Å²) in [5, 5.41) is 6.11. The lowest BCUT2D eigenvalue weighted by molar-refractivity contribution is -0.120. The van der Waals surface area contributed by atoms with E-state index in [0.717, 1.165) is 27.8 Å². The monoisotopic (exact) mass is 593 g/mol. The maximum atomic E-state index is 13.9. The minimum absolute atomic E-state index is 0.114. The Morgan fingerprint density at radius 2 is 1.58 bits per heavy atom. The van der Waals surface area contributed by atoms with Crippen molar-refractivity contribution < 1.29 is 23.9 Å². The van der Waals surface area contributed by atoms with Gasteiger partial charge in [0.05, 0.1) is 19.9 Å². The third-order valence-electron chi connectivity index (χ3n) is 6.81. The van der Waals surface area contributed by atoms with Crippen molar-refractivity contribution >= 4 is 46.5 Å². The van der Waals surface area contributed by atoms with Gasteiger partial charge in [0.25, 0.3) is 11.8 Å². The molecule has 3 amide bonds. The summed E-state index contributed by atoms with van der Waals surface area (Å²) < 4.78 is 10.8. The van der Waals surface area contributed by atoms with Gasteiger partial charge in [-0.2, -0.15) is 0 Å². The van der Waals surface area contributed by atoms with Crippen LogP contribution in [-0.2, 0) is 20.8 Å². The van der Waals surface area contributed by atoms with Gasteiger partial charge in [-0.3, -0.25) is 14.4 Å². The van der Waals surface area contributed by atoms with Crippen LogP contribution in [0.4, 0.5) is 17.1 Å². The molecule has 9 heteroatoms. The van der Waals surface area contributed by atoms with Gasteiger partial charge in [0.2, 0.25) is 5.91 Å². The first-order valence-corrected chi connectivity index (χ1v) is 14.5. The fourth-order valence-corrected chi connectivity index (χ4v) is 5.55. The van der Waals surface area contributed by atoms with Crippen LogP contribution in [-0.4, -0.2) is 31.9 Å². The Balaban J connectivity index is 1.41. The maximum absolute atomic E-state index is 13.9. The Labute approximate surface area is 254 Å². The highest BCUT2D eigenvalue weighted by molar-refractivity contribution is 8.04. The highest BCUT2D eigenvalue weighted by atomic mass is 32.2. The van der Waals surface area contributed by atoms with Gasteiger partial charge in [-0.25, -0.2) is 4.90 Å².